The Balaban J connectivity index is 2.74. The predicted molar refractivity (Wildman–Crippen MR) is 48.9 cm³/mol. The number of ether oxygens (including phenoxy) is 3. The number of esters is 1. The van der Waals surface area contributed by atoms with Crippen LogP contribution >= 0.6 is 0 Å². The third-order valence-corrected chi connectivity index (χ3v) is 2.32. The second-order valence-electron chi connectivity index (χ2n) is 3.50. The highest BCUT2D eigenvalue weighted by atomic mass is 16.7. The molecule has 0 radical (unpaired) electrons. The van der Waals surface area contributed by atoms with Gasteiger partial charge in [0.1, 0.15) is 12.2 Å². The van der Waals surface area contributed by atoms with E-state index < -0.39 is 36.7 Å². The summed E-state index contributed by atoms with van der Waals surface area (Å²) in [4.78, 5) is 10.8. The van der Waals surface area contributed by atoms with E-state index in [0.29, 0.717) is 0 Å². The van der Waals surface area contributed by atoms with E-state index >= 15 is 0 Å². The molecule has 0 spiro atoms. The Morgan fingerprint density at radius 3 is 2.40 bits per heavy atom. The molecule has 0 aromatic rings. The maximum absolute atomic E-state index is 10.8. The van der Waals surface area contributed by atoms with E-state index in [2.05, 4.69) is 0 Å². The molecule has 0 amide bonds. The van der Waals surface area contributed by atoms with Gasteiger partial charge in [-0.15, -0.1) is 0 Å². The first-order valence-electron chi connectivity index (χ1n) is 4.69. The molecule has 6 heteroatoms. The largest absolute Gasteiger partial charge is 0.457 e. The van der Waals surface area contributed by atoms with Crippen LogP contribution in [0.1, 0.15) is 13.8 Å². The molecule has 0 bridgehead atoms. The predicted octanol–water partition coefficient (Wildman–Crippen LogP) is -0.969. The Labute approximate surface area is 87.7 Å². The van der Waals surface area contributed by atoms with Crippen LogP contribution in [0.15, 0.2) is 0 Å². The van der Waals surface area contributed by atoms with Crippen molar-refractivity contribution in [1.29, 1.82) is 0 Å². The van der Waals surface area contributed by atoms with Crippen molar-refractivity contribution < 1.29 is 29.2 Å². The number of aliphatic hydroxyl groups is 2. The van der Waals surface area contributed by atoms with Gasteiger partial charge in [-0.05, 0) is 6.92 Å². The summed E-state index contributed by atoms with van der Waals surface area (Å²) in [5.41, 5.74) is 0. The quantitative estimate of drug-likeness (QED) is 0.582. The molecule has 1 saturated heterocycles. The van der Waals surface area contributed by atoms with Gasteiger partial charge < -0.3 is 24.4 Å². The minimum absolute atomic E-state index is 0.567. The molecule has 0 saturated carbocycles. The number of aliphatic hydroxyl groups excluding tert-OH is 2. The monoisotopic (exact) mass is 220 g/mol. The van der Waals surface area contributed by atoms with Gasteiger partial charge in [0.2, 0.25) is 0 Å². The zero-order valence-corrected chi connectivity index (χ0v) is 8.91. The molecule has 1 aliphatic rings. The maximum atomic E-state index is 10.8. The number of hydrogen-bond acceptors (Lipinski definition) is 6. The normalized spacial score (nSPS) is 41.3. The molecule has 0 aliphatic carbocycles. The van der Waals surface area contributed by atoms with Crippen LogP contribution in [0.25, 0.3) is 0 Å². The fourth-order valence-electron chi connectivity index (χ4n) is 1.52. The van der Waals surface area contributed by atoms with Crippen LogP contribution in [0.4, 0.5) is 0 Å². The molecular formula is C9H16O6. The van der Waals surface area contributed by atoms with E-state index in [1.807, 2.05) is 0 Å². The molecular weight excluding hydrogens is 204 g/mol. The first-order chi connectivity index (χ1) is 6.97. The molecule has 2 N–H and O–H groups in total. The molecule has 1 fully saturated rings. The number of carbonyl (C=O) groups excluding carboxylic acids is 1. The van der Waals surface area contributed by atoms with E-state index in [1.54, 1.807) is 6.92 Å². The summed E-state index contributed by atoms with van der Waals surface area (Å²) in [6.45, 7) is 2.82. The van der Waals surface area contributed by atoms with Crippen molar-refractivity contribution >= 4 is 5.97 Å². The Bertz CT molecular complexity index is 231. The molecule has 0 aromatic carbocycles. The highest BCUT2D eigenvalue weighted by Gasteiger charge is 2.44. The Morgan fingerprint density at radius 1 is 1.33 bits per heavy atom. The zero-order chi connectivity index (χ0) is 11.6. The van der Waals surface area contributed by atoms with E-state index in [9.17, 15) is 15.0 Å². The first-order valence-corrected chi connectivity index (χ1v) is 4.69. The van der Waals surface area contributed by atoms with Crippen LogP contribution in [0.5, 0.6) is 0 Å². The van der Waals surface area contributed by atoms with Crippen molar-refractivity contribution in [3.8, 4) is 0 Å². The van der Waals surface area contributed by atoms with Gasteiger partial charge in [-0.3, -0.25) is 4.79 Å². The minimum atomic E-state index is -1.19. The lowest BCUT2D eigenvalue weighted by molar-refractivity contribution is -0.288. The average molecular weight is 220 g/mol. The highest BCUT2D eigenvalue weighted by Crippen LogP contribution is 2.23. The molecule has 0 unspecified atom stereocenters. The first kappa shape index (κ1) is 12.4. The second-order valence-corrected chi connectivity index (χ2v) is 3.50. The summed E-state index contributed by atoms with van der Waals surface area (Å²) in [6.07, 6.45) is -4.73. The van der Waals surface area contributed by atoms with Crippen molar-refractivity contribution in [2.75, 3.05) is 7.11 Å². The van der Waals surface area contributed by atoms with Crippen LogP contribution < -0.4 is 0 Å². The maximum Gasteiger partial charge on any atom is 0.303 e. The summed E-state index contributed by atoms with van der Waals surface area (Å²) in [7, 11) is 1.36. The summed E-state index contributed by atoms with van der Waals surface area (Å²) < 4.78 is 14.8. The zero-order valence-electron chi connectivity index (χ0n) is 8.91. The number of rotatable bonds is 2. The smallest absolute Gasteiger partial charge is 0.303 e. The van der Waals surface area contributed by atoms with Crippen LogP contribution in [0.2, 0.25) is 0 Å². The standard InChI is InChI=1S/C9H16O6/c1-4-6(11)8(15-5(2)10)7(12)9(13-3)14-4/h4,6-9,11-12H,1-3H3/t4-,6-,7+,8+,9+/m0/s1. The van der Waals surface area contributed by atoms with Crippen LogP contribution in [0.3, 0.4) is 0 Å². The topological polar surface area (TPSA) is 85.2 Å². The SMILES string of the molecule is CO[C@@H]1O[C@@H](C)[C@H](O)[C@@H](OC(C)=O)[C@H]1O. The number of methoxy groups -OCH3 is 1. The molecule has 15 heavy (non-hydrogen) atoms. The average Bonchev–Trinajstić information content (AvgIpc) is 2.18. The molecule has 1 rings (SSSR count). The lowest BCUT2D eigenvalue weighted by atomic mass is 10.00. The van der Waals surface area contributed by atoms with Gasteiger partial charge in [-0.2, -0.15) is 0 Å². The van der Waals surface area contributed by atoms with E-state index in [4.69, 9.17) is 14.2 Å². The van der Waals surface area contributed by atoms with Gasteiger partial charge in [0.15, 0.2) is 12.4 Å². The van der Waals surface area contributed by atoms with E-state index in [0.717, 1.165) is 0 Å². The van der Waals surface area contributed by atoms with Gasteiger partial charge in [0.25, 0.3) is 0 Å². The number of carbonyl (C=O) groups is 1. The Kier molecular flexibility index (Phi) is 4.04. The minimum Gasteiger partial charge on any atom is -0.457 e. The van der Waals surface area contributed by atoms with Crippen molar-refractivity contribution in [3.63, 3.8) is 0 Å². The third-order valence-electron chi connectivity index (χ3n) is 2.32. The summed E-state index contributed by atoms with van der Waals surface area (Å²) in [6, 6.07) is 0. The third kappa shape index (κ3) is 2.66. The summed E-state index contributed by atoms with van der Waals surface area (Å²) in [5, 5.41) is 19.3. The fraction of sp³-hybridized carbons (Fsp3) is 0.889. The van der Waals surface area contributed by atoms with Crippen LogP contribution in [-0.2, 0) is 19.0 Å². The van der Waals surface area contributed by atoms with Gasteiger partial charge >= 0.3 is 5.97 Å². The molecule has 5 atom stereocenters. The van der Waals surface area contributed by atoms with Crippen molar-refractivity contribution in [2.45, 2.75) is 44.6 Å². The fourth-order valence-corrected chi connectivity index (χ4v) is 1.52. The van der Waals surface area contributed by atoms with Crippen molar-refractivity contribution in [2.24, 2.45) is 0 Å². The van der Waals surface area contributed by atoms with E-state index in [-0.39, 0.29) is 0 Å². The Morgan fingerprint density at radius 2 is 1.93 bits per heavy atom. The molecule has 6 nitrogen and oxygen atoms in total. The van der Waals surface area contributed by atoms with Gasteiger partial charge in [0, 0.05) is 14.0 Å². The molecule has 0 aromatic heterocycles. The summed E-state index contributed by atoms with van der Waals surface area (Å²) in [5.74, 6) is -0.568. The van der Waals surface area contributed by atoms with Gasteiger partial charge in [-0.25, -0.2) is 0 Å². The van der Waals surface area contributed by atoms with Crippen LogP contribution in [0, 0.1) is 0 Å². The second kappa shape index (κ2) is 4.89. The highest BCUT2D eigenvalue weighted by molar-refractivity contribution is 5.66. The lowest BCUT2D eigenvalue weighted by Gasteiger charge is -2.40. The van der Waals surface area contributed by atoms with Crippen molar-refractivity contribution in [1.82, 2.24) is 0 Å². The molecule has 1 aliphatic heterocycles. The molecule has 88 valence electrons. The lowest BCUT2D eigenvalue weighted by Crippen LogP contribution is -2.58. The Hall–Kier alpha value is -0.690. The van der Waals surface area contributed by atoms with Gasteiger partial charge in [0.05, 0.1) is 6.10 Å². The number of hydrogen-bond donors (Lipinski definition) is 2. The van der Waals surface area contributed by atoms with Crippen LogP contribution in [-0.4, -0.2) is 54.0 Å². The van der Waals surface area contributed by atoms with Gasteiger partial charge in [-0.1, -0.05) is 0 Å². The summed E-state index contributed by atoms with van der Waals surface area (Å²) >= 11 is 0. The molecule has 1 heterocycles. The van der Waals surface area contributed by atoms with E-state index in [1.165, 1.54) is 14.0 Å². The van der Waals surface area contributed by atoms with Crippen molar-refractivity contribution in [3.05, 3.63) is 0 Å².